The van der Waals surface area contributed by atoms with Crippen LogP contribution in [0.3, 0.4) is 0 Å². The van der Waals surface area contributed by atoms with Gasteiger partial charge >= 0.3 is 0 Å². The molecule has 0 radical (unpaired) electrons. The average molecular weight is 587 g/mol. The van der Waals surface area contributed by atoms with E-state index in [1.54, 1.807) is 30.3 Å². The first kappa shape index (κ1) is 28.4. The first-order valence-corrected chi connectivity index (χ1v) is 14.6. The van der Waals surface area contributed by atoms with Gasteiger partial charge < -0.3 is 10.2 Å². The predicted molar refractivity (Wildman–Crippen MR) is 151 cm³/mol. The minimum Gasteiger partial charge on any atom is -0.352 e. The molecule has 0 bridgehead atoms. The zero-order valence-electron chi connectivity index (χ0n) is 21.2. The van der Waals surface area contributed by atoms with Gasteiger partial charge in [0, 0.05) is 23.5 Å². The standard InChI is InChI=1S/C28H32BrN3O4S/c1-21(2)30-28(34)26(18-22-11-6-4-7-12-22)31(19-23-13-10-14-24(29)17-23)27(33)20-32(37(3,35)36)25-15-8-5-9-16-25/h4-17,21,26H,18-20H2,1-3H3,(H,30,34)/t26-/m1/s1. The Labute approximate surface area is 227 Å². The van der Waals surface area contributed by atoms with Crippen LogP contribution in [0.1, 0.15) is 25.0 Å². The van der Waals surface area contributed by atoms with Gasteiger partial charge in [0.05, 0.1) is 11.9 Å². The molecule has 1 N–H and O–H groups in total. The van der Waals surface area contributed by atoms with Gasteiger partial charge in [0.25, 0.3) is 0 Å². The van der Waals surface area contributed by atoms with Crippen LogP contribution in [0, 0.1) is 0 Å². The Kier molecular flexibility index (Phi) is 9.88. The summed E-state index contributed by atoms with van der Waals surface area (Å²) >= 11 is 3.47. The SMILES string of the molecule is CC(C)NC(=O)[C@@H](Cc1ccccc1)N(Cc1cccc(Br)c1)C(=O)CN(c1ccccc1)S(C)(=O)=O. The molecule has 7 nitrogen and oxygen atoms in total. The van der Waals surface area contributed by atoms with Crippen molar-refractivity contribution in [3.8, 4) is 0 Å². The molecule has 3 aromatic carbocycles. The van der Waals surface area contributed by atoms with E-state index in [-0.39, 0.29) is 24.9 Å². The number of para-hydroxylation sites is 1. The van der Waals surface area contributed by atoms with Gasteiger partial charge in [0.15, 0.2) is 0 Å². The predicted octanol–water partition coefficient (Wildman–Crippen LogP) is 4.38. The molecule has 0 aromatic heterocycles. The van der Waals surface area contributed by atoms with Crippen molar-refractivity contribution in [2.24, 2.45) is 0 Å². The van der Waals surface area contributed by atoms with Crippen molar-refractivity contribution < 1.29 is 18.0 Å². The smallest absolute Gasteiger partial charge is 0.244 e. The number of anilines is 1. The van der Waals surface area contributed by atoms with Crippen LogP contribution in [-0.4, -0.2) is 50.0 Å². The minimum atomic E-state index is -3.77. The second kappa shape index (κ2) is 12.9. The lowest BCUT2D eigenvalue weighted by Gasteiger charge is -2.34. The molecule has 0 aliphatic carbocycles. The summed E-state index contributed by atoms with van der Waals surface area (Å²) in [5.74, 6) is -0.776. The number of halogens is 1. The zero-order valence-corrected chi connectivity index (χ0v) is 23.6. The quantitative estimate of drug-likeness (QED) is 0.362. The Morgan fingerprint density at radius 2 is 1.49 bits per heavy atom. The first-order chi connectivity index (χ1) is 17.5. The Morgan fingerprint density at radius 1 is 0.892 bits per heavy atom. The molecule has 0 spiro atoms. The summed E-state index contributed by atoms with van der Waals surface area (Å²) in [4.78, 5) is 28.9. The van der Waals surface area contributed by atoms with Crippen LogP contribution >= 0.6 is 15.9 Å². The molecule has 9 heteroatoms. The number of rotatable bonds is 11. The summed E-state index contributed by atoms with van der Waals surface area (Å²) in [5.41, 5.74) is 2.08. The molecule has 0 aliphatic heterocycles. The van der Waals surface area contributed by atoms with Crippen molar-refractivity contribution in [2.45, 2.75) is 38.9 Å². The Balaban J connectivity index is 2.04. The molecular formula is C28H32BrN3O4S. The summed E-state index contributed by atoms with van der Waals surface area (Å²) in [5, 5.41) is 2.94. The van der Waals surface area contributed by atoms with Crippen molar-refractivity contribution in [3.05, 3.63) is 101 Å². The van der Waals surface area contributed by atoms with E-state index in [2.05, 4.69) is 21.2 Å². The van der Waals surface area contributed by atoms with E-state index < -0.39 is 28.5 Å². The van der Waals surface area contributed by atoms with E-state index in [0.717, 1.165) is 26.2 Å². The highest BCUT2D eigenvalue weighted by Crippen LogP contribution is 2.21. The number of sulfonamides is 1. The number of carbonyl (C=O) groups excluding carboxylic acids is 2. The Morgan fingerprint density at radius 3 is 2.05 bits per heavy atom. The van der Waals surface area contributed by atoms with E-state index in [0.29, 0.717) is 5.69 Å². The number of hydrogen-bond acceptors (Lipinski definition) is 4. The van der Waals surface area contributed by atoms with Crippen LogP contribution in [-0.2, 0) is 32.6 Å². The molecule has 3 aromatic rings. The fourth-order valence-electron chi connectivity index (χ4n) is 3.97. The fourth-order valence-corrected chi connectivity index (χ4v) is 5.27. The van der Waals surface area contributed by atoms with Crippen LogP contribution < -0.4 is 9.62 Å². The molecule has 2 amide bonds. The van der Waals surface area contributed by atoms with Gasteiger partial charge in [-0.25, -0.2) is 8.42 Å². The third kappa shape index (κ3) is 8.43. The number of benzene rings is 3. The van der Waals surface area contributed by atoms with E-state index in [4.69, 9.17) is 0 Å². The molecule has 196 valence electrons. The molecule has 3 rings (SSSR count). The molecule has 0 aliphatic rings. The van der Waals surface area contributed by atoms with Gasteiger partial charge in [-0.2, -0.15) is 0 Å². The normalized spacial score (nSPS) is 12.1. The second-order valence-corrected chi connectivity index (χ2v) is 11.9. The summed E-state index contributed by atoms with van der Waals surface area (Å²) < 4.78 is 27.3. The van der Waals surface area contributed by atoms with Crippen LogP contribution in [0.15, 0.2) is 89.4 Å². The summed E-state index contributed by atoms with van der Waals surface area (Å²) in [6.45, 7) is 3.42. The van der Waals surface area contributed by atoms with Crippen molar-refractivity contribution in [2.75, 3.05) is 17.1 Å². The largest absolute Gasteiger partial charge is 0.352 e. The van der Waals surface area contributed by atoms with E-state index >= 15 is 0 Å². The third-order valence-electron chi connectivity index (χ3n) is 5.67. The molecule has 0 unspecified atom stereocenters. The highest BCUT2D eigenvalue weighted by Gasteiger charge is 2.33. The van der Waals surface area contributed by atoms with Crippen LogP contribution in [0.5, 0.6) is 0 Å². The molecule has 0 fully saturated rings. The Bertz CT molecular complexity index is 1300. The van der Waals surface area contributed by atoms with Crippen molar-refractivity contribution in [1.29, 1.82) is 0 Å². The lowest BCUT2D eigenvalue weighted by atomic mass is 10.0. The zero-order chi connectivity index (χ0) is 27.0. The van der Waals surface area contributed by atoms with Crippen molar-refractivity contribution in [3.63, 3.8) is 0 Å². The number of nitrogens with zero attached hydrogens (tertiary/aromatic N) is 2. The molecule has 37 heavy (non-hydrogen) atoms. The number of nitrogens with one attached hydrogen (secondary N) is 1. The van der Waals surface area contributed by atoms with Crippen molar-refractivity contribution >= 4 is 43.5 Å². The maximum atomic E-state index is 13.9. The van der Waals surface area contributed by atoms with Crippen LogP contribution in [0.4, 0.5) is 5.69 Å². The van der Waals surface area contributed by atoms with E-state index in [9.17, 15) is 18.0 Å². The van der Waals surface area contributed by atoms with Gasteiger partial charge in [0.1, 0.15) is 12.6 Å². The second-order valence-electron chi connectivity index (χ2n) is 9.13. The lowest BCUT2D eigenvalue weighted by Crippen LogP contribution is -2.54. The number of hydrogen-bond donors (Lipinski definition) is 1. The van der Waals surface area contributed by atoms with Crippen LogP contribution in [0.25, 0.3) is 0 Å². The summed E-state index contributed by atoms with van der Waals surface area (Å²) in [6.07, 6.45) is 1.35. The molecular weight excluding hydrogens is 554 g/mol. The van der Waals surface area contributed by atoms with Gasteiger partial charge in [-0.05, 0) is 49.2 Å². The highest BCUT2D eigenvalue weighted by atomic mass is 79.9. The Hall–Kier alpha value is -3.17. The minimum absolute atomic E-state index is 0.133. The fraction of sp³-hybridized carbons (Fsp3) is 0.286. The van der Waals surface area contributed by atoms with E-state index in [1.807, 2.05) is 68.4 Å². The number of amides is 2. The molecule has 1 atom stereocenters. The van der Waals surface area contributed by atoms with Gasteiger partial charge in [-0.15, -0.1) is 0 Å². The maximum Gasteiger partial charge on any atom is 0.244 e. The molecule has 0 saturated carbocycles. The lowest BCUT2D eigenvalue weighted by molar-refractivity contribution is -0.140. The highest BCUT2D eigenvalue weighted by molar-refractivity contribution is 9.10. The first-order valence-electron chi connectivity index (χ1n) is 12.0. The average Bonchev–Trinajstić information content (AvgIpc) is 2.84. The van der Waals surface area contributed by atoms with Crippen LogP contribution in [0.2, 0.25) is 0 Å². The molecule has 0 heterocycles. The topological polar surface area (TPSA) is 86.8 Å². The summed E-state index contributed by atoms with van der Waals surface area (Å²) in [6, 6.07) is 24.4. The van der Waals surface area contributed by atoms with Gasteiger partial charge in [0.2, 0.25) is 21.8 Å². The summed E-state index contributed by atoms with van der Waals surface area (Å²) in [7, 11) is -3.77. The van der Waals surface area contributed by atoms with Gasteiger partial charge in [-0.3, -0.25) is 13.9 Å². The van der Waals surface area contributed by atoms with E-state index in [1.165, 1.54) is 4.90 Å². The monoisotopic (exact) mass is 585 g/mol. The number of carbonyl (C=O) groups is 2. The third-order valence-corrected chi connectivity index (χ3v) is 7.30. The van der Waals surface area contributed by atoms with Crippen molar-refractivity contribution in [1.82, 2.24) is 10.2 Å². The van der Waals surface area contributed by atoms with Gasteiger partial charge in [-0.1, -0.05) is 76.6 Å². The molecule has 0 saturated heterocycles. The maximum absolute atomic E-state index is 13.9.